The van der Waals surface area contributed by atoms with Gasteiger partial charge < -0.3 is 4.90 Å². The fraction of sp³-hybridized carbons (Fsp3) is 0.462. The molecule has 2 aromatic heterocycles. The van der Waals surface area contributed by atoms with Gasteiger partial charge in [0.1, 0.15) is 0 Å². The monoisotopic (exact) mass is 458 g/mol. The first kappa shape index (κ1) is 21.3. The molecule has 8 heteroatoms. The normalized spacial score (nSPS) is 22.1. The highest BCUT2D eigenvalue weighted by Crippen LogP contribution is 2.39. The van der Waals surface area contributed by atoms with E-state index in [4.69, 9.17) is 0 Å². The molecule has 1 unspecified atom stereocenters. The van der Waals surface area contributed by atoms with Crippen molar-refractivity contribution in [1.29, 1.82) is 0 Å². The fourth-order valence-electron chi connectivity index (χ4n) is 6.07. The molecule has 0 radical (unpaired) electrons. The molecule has 2 aliphatic heterocycles. The van der Waals surface area contributed by atoms with Crippen LogP contribution in [0.15, 0.2) is 41.3 Å². The van der Waals surface area contributed by atoms with Crippen molar-refractivity contribution < 1.29 is 4.79 Å². The number of rotatable bonds is 4. The highest BCUT2D eigenvalue weighted by molar-refractivity contribution is 5.95. The second-order valence-corrected chi connectivity index (χ2v) is 9.94. The van der Waals surface area contributed by atoms with Crippen molar-refractivity contribution in [2.24, 2.45) is 0 Å². The Kier molecular flexibility index (Phi) is 5.13. The van der Waals surface area contributed by atoms with Gasteiger partial charge in [0, 0.05) is 30.7 Å². The Morgan fingerprint density at radius 2 is 1.97 bits per heavy atom. The maximum atomic E-state index is 13.5. The smallest absolute Gasteiger partial charge is 0.257 e. The molecular weight excluding hydrogens is 428 g/mol. The van der Waals surface area contributed by atoms with Gasteiger partial charge in [0.25, 0.3) is 11.5 Å². The average molecular weight is 459 g/mol. The first-order chi connectivity index (χ1) is 16.5. The van der Waals surface area contributed by atoms with Crippen LogP contribution < -0.4 is 5.56 Å². The molecule has 4 heterocycles. The molecule has 0 bridgehead atoms. The number of aryl methyl sites for hydroxylation is 1. The van der Waals surface area contributed by atoms with Gasteiger partial charge in [-0.15, -0.1) is 0 Å². The molecule has 176 valence electrons. The topological polar surface area (TPSA) is 87.1 Å². The van der Waals surface area contributed by atoms with E-state index in [1.165, 1.54) is 12.0 Å². The number of benzene rings is 1. The van der Waals surface area contributed by atoms with Crippen molar-refractivity contribution in [3.05, 3.63) is 75.0 Å². The molecule has 1 N–H and O–H groups in total. The van der Waals surface area contributed by atoms with Gasteiger partial charge in [0.2, 0.25) is 5.95 Å². The van der Waals surface area contributed by atoms with Gasteiger partial charge in [-0.25, -0.2) is 9.67 Å². The van der Waals surface area contributed by atoms with E-state index in [1.807, 2.05) is 11.8 Å². The SMILES string of the molecule is Cc1c(C(=O)N2CCC3(CCCN3Cc3ccccc3)C2)cnn1-c1nc2c(c(=O)[nH]1)CCC2. The minimum Gasteiger partial charge on any atom is -0.337 e. The van der Waals surface area contributed by atoms with E-state index in [-0.39, 0.29) is 17.0 Å². The van der Waals surface area contributed by atoms with Crippen LogP contribution in [-0.4, -0.2) is 60.6 Å². The van der Waals surface area contributed by atoms with Gasteiger partial charge in [0.05, 0.1) is 23.1 Å². The van der Waals surface area contributed by atoms with Crippen LogP contribution in [0.1, 0.15) is 58.6 Å². The maximum Gasteiger partial charge on any atom is 0.257 e. The third-order valence-corrected chi connectivity index (χ3v) is 7.95. The van der Waals surface area contributed by atoms with Crippen molar-refractivity contribution in [2.75, 3.05) is 19.6 Å². The largest absolute Gasteiger partial charge is 0.337 e. The Morgan fingerprint density at radius 1 is 1.12 bits per heavy atom. The van der Waals surface area contributed by atoms with Crippen molar-refractivity contribution in [2.45, 2.75) is 57.5 Å². The molecule has 3 aromatic rings. The summed E-state index contributed by atoms with van der Waals surface area (Å²) in [7, 11) is 0. The molecule has 1 aromatic carbocycles. The van der Waals surface area contributed by atoms with Crippen molar-refractivity contribution in [3.8, 4) is 5.95 Å². The van der Waals surface area contributed by atoms with E-state index in [0.29, 0.717) is 17.2 Å². The van der Waals surface area contributed by atoms with E-state index in [1.54, 1.807) is 10.9 Å². The second-order valence-electron chi connectivity index (χ2n) is 9.94. The number of nitrogens with zero attached hydrogens (tertiary/aromatic N) is 5. The zero-order valence-electron chi connectivity index (χ0n) is 19.6. The van der Waals surface area contributed by atoms with Gasteiger partial charge >= 0.3 is 0 Å². The molecule has 1 aliphatic carbocycles. The zero-order chi connectivity index (χ0) is 23.3. The summed E-state index contributed by atoms with van der Waals surface area (Å²) < 4.78 is 1.59. The van der Waals surface area contributed by atoms with Gasteiger partial charge in [-0.2, -0.15) is 5.10 Å². The van der Waals surface area contributed by atoms with Crippen LogP contribution in [0.5, 0.6) is 0 Å². The number of hydrogen-bond acceptors (Lipinski definition) is 5. The summed E-state index contributed by atoms with van der Waals surface area (Å²) in [6.07, 6.45) is 7.45. The summed E-state index contributed by atoms with van der Waals surface area (Å²) >= 11 is 0. The molecule has 1 amide bonds. The lowest BCUT2D eigenvalue weighted by Crippen LogP contribution is -2.46. The molecule has 8 nitrogen and oxygen atoms in total. The Labute approximate surface area is 198 Å². The van der Waals surface area contributed by atoms with E-state index in [0.717, 1.165) is 69.5 Å². The number of aromatic amines is 1. The number of likely N-dealkylation sites (tertiary alicyclic amines) is 2. The molecular formula is C26H30N6O2. The number of aromatic nitrogens is 4. The molecule has 2 saturated heterocycles. The average Bonchev–Trinajstić information content (AvgIpc) is 3.63. The van der Waals surface area contributed by atoms with Gasteiger partial charge in [0.15, 0.2) is 0 Å². The van der Waals surface area contributed by atoms with E-state index in [2.05, 4.69) is 50.3 Å². The summed E-state index contributed by atoms with van der Waals surface area (Å²) in [4.78, 5) is 38.0. The Morgan fingerprint density at radius 3 is 2.82 bits per heavy atom. The van der Waals surface area contributed by atoms with E-state index >= 15 is 0 Å². The zero-order valence-corrected chi connectivity index (χ0v) is 19.6. The highest BCUT2D eigenvalue weighted by Gasteiger charge is 2.47. The van der Waals surface area contributed by atoms with Crippen LogP contribution in [-0.2, 0) is 19.4 Å². The lowest BCUT2D eigenvalue weighted by molar-refractivity contribution is 0.0741. The predicted molar refractivity (Wildman–Crippen MR) is 128 cm³/mol. The van der Waals surface area contributed by atoms with Crippen LogP contribution in [0.25, 0.3) is 5.95 Å². The molecule has 1 atom stereocenters. The van der Waals surface area contributed by atoms with E-state index < -0.39 is 0 Å². The summed E-state index contributed by atoms with van der Waals surface area (Å²) in [6.45, 7) is 5.37. The first-order valence-corrected chi connectivity index (χ1v) is 12.3. The predicted octanol–water partition coefficient (Wildman–Crippen LogP) is 2.63. The number of H-pyrrole nitrogens is 1. The summed E-state index contributed by atoms with van der Waals surface area (Å²) in [5, 5.41) is 4.43. The number of nitrogens with one attached hydrogen (secondary N) is 1. The summed E-state index contributed by atoms with van der Waals surface area (Å²) in [6, 6.07) is 10.6. The molecule has 2 fully saturated rings. The fourth-order valence-corrected chi connectivity index (χ4v) is 6.07. The minimum atomic E-state index is -0.0958. The maximum absolute atomic E-state index is 13.5. The standard InChI is InChI=1S/C26H30N6O2/c1-18-21(15-27-32(18)25-28-22-10-5-9-20(22)23(33)29-25)24(34)30-14-12-26(17-30)11-6-13-31(26)16-19-7-3-2-4-8-19/h2-4,7-8,15H,5-6,9-14,16-17H2,1H3,(H,28,29,33). The number of fused-ring (bicyclic) bond motifs is 1. The molecule has 34 heavy (non-hydrogen) atoms. The number of carbonyl (C=O) groups excluding carboxylic acids is 1. The van der Waals surface area contributed by atoms with E-state index in [9.17, 15) is 9.59 Å². The van der Waals surface area contributed by atoms with Crippen LogP contribution in [0.3, 0.4) is 0 Å². The van der Waals surface area contributed by atoms with Crippen LogP contribution >= 0.6 is 0 Å². The summed E-state index contributed by atoms with van der Waals surface area (Å²) in [5.74, 6) is 0.403. The first-order valence-electron chi connectivity index (χ1n) is 12.3. The number of hydrogen-bond donors (Lipinski definition) is 1. The lowest BCUT2D eigenvalue weighted by Gasteiger charge is -2.35. The quantitative estimate of drug-likeness (QED) is 0.650. The van der Waals surface area contributed by atoms with Gasteiger partial charge in [-0.1, -0.05) is 30.3 Å². The lowest BCUT2D eigenvalue weighted by atomic mass is 9.94. The van der Waals surface area contributed by atoms with Crippen LogP contribution in [0.2, 0.25) is 0 Å². The Bertz CT molecular complexity index is 1300. The molecule has 0 saturated carbocycles. The number of carbonyl (C=O) groups is 1. The molecule has 1 spiro atoms. The minimum absolute atomic E-state index is 0.00990. The second kappa shape index (κ2) is 8.20. The van der Waals surface area contributed by atoms with Gasteiger partial charge in [-0.05, 0) is 57.6 Å². The van der Waals surface area contributed by atoms with Crippen molar-refractivity contribution in [3.63, 3.8) is 0 Å². The molecule has 3 aliphatic rings. The Hall–Kier alpha value is -3.26. The van der Waals surface area contributed by atoms with Crippen molar-refractivity contribution >= 4 is 5.91 Å². The third-order valence-electron chi connectivity index (χ3n) is 7.95. The number of amides is 1. The van der Waals surface area contributed by atoms with Gasteiger partial charge in [-0.3, -0.25) is 19.5 Å². The third kappa shape index (κ3) is 3.48. The van der Waals surface area contributed by atoms with Crippen molar-refractivity contribution in [1.82, 2.24) is 29.5 Å². The summed E-state index contributed by atoms with van der Waals surface area (Å²) in [5.41, 5.74) is 4.20. The molecule has 6 rings (SSSR count). The van der Waals surface area contributed by atoms with Crippen LogP contribution in [0, 0.1) is 6.92 Å². The highest BCUT2D eigenvalue weighted by atomic mass is 16.2. The van der Waals surface area contributed by atoms with Crippen LogP contribution in [0.4, 0.5) is 0 Å². The Balaban J connectivity index is 1.22.